The first-order chi connectivity index (χ1) is 17.0. The van der Waals surface area contributed by atoms with Gasteiger partial charge in [-0.2, -0.15) is 0 Å². The van der Waals surface area contributed by atoms with E-state index in [4.69, 9.17) is 4.74 Å². The van der Waals surface area contributed by atoms with Crippen LogP contribution < -0.4 is 14.8 Å². The second-order valence-corrected chi connectivity index (χ2v) is 12.1. The largest absolute Gasteiger partial charge is 0.484 e. The fourth-order valence-corrected chi connectivity index (χ4v) is 5.35. The molecule has 0 saturated carbocycles. The number of carbonyl (C=O) groups excluding carboxylic acids is 1. The van der Waals surface area contributed by atoms with Crippen molar-refractivity contribution in [2.75, 3.05) is 20.7 Å². The van der Waals surface area contributed by atoms with Crippen molar-refractivity contribution in [3.05, 3.63) is 90.0 Å². The molecule has 0 saturated heterocycles. The number of hydrogen-bond donors (Lipinski definition) is 2. The Kier molecular flexibility index (Phi) is 8.85. The SMILES string of the molecule is C[C@H](NS(=O)(=O)c1ccc(OCC(=O)NCc2ccc(S(=O)(=O)N(C)C)cc2)cc1)c1ccccc1. The number of nitrogens with zero attached hydrogens (tertiary/aromatic N) is 1. The van der Waals surface area contributed by atoms with Crippen molar-refractivity contribution in [3.63, 3.8) is 0 Å². The van der Waals surface area contributed by atoms with Gasteiger partial charge in [-0.15, -0.1) is 0 Å². The van der Waals surface area contributed by atoms with Crippen molar-refractivity contribution in [3.8, 4) is 5.75 Å². The van der Waals surface area contributed by atoms with E-state index in [0.29, 0.717) is 5.75 Å². The Hall–Kier alpha value is -3.25. The van der Waals surface area contributed by atoms with E-state index < -0.39 is 26.1 Å². The normalized spacial score (nSPS) is 12.8. The molecule has 36 heavy (non-hydrogen) atoms. The second-order valence-electron chi connectivity index (χ2n) is 8.22. The molecule has 0 radical (unpaired) electrons. The maximum Gasteiger partial charge on any atom is 0.258 e. The molecule has 9 nitrogen and oxygen atoms in total. The van der Waals surface area contributed by atoms with E-state index in [0.717, 1.165) is 15.4 Å². The minimum Gasteiger partial charge on any atom is -0.484 e. The van der Waals surface area contributed by atoms with Crippen LogP contribution in [0.3, 0.4) is 0 Å². The fraction of sp³-hybridized carbons (Fsp3) is 0.240. The number of rotatable bonds is 11. The van der Waals surface area contributed by atoms with Crippen LogP contribution in [0.2, 0.25) is 0 Å². The summed E-state index contributed by atoms with van der Waals surface area (Å²) in [6.45, 7) is 1.71. The Bertz CT molecular complexity index is 1370. The number of hydrogen-bond acceptors (Lipinski definition) is 6. The molecule has 11 heteroatoms. The maximum atomic E-state index is 12.7. The minimum atomic E-state index is -3.74. The Morgan fingerprint density at radius 3 is 2.03 bits per heavy atom. The molecule has 0 unspecified atom stereocenters. The number of sulfonamides is 2. The predicted molar refractivity (Wildman–Crippen MR) is 136 cm³/mol. The molecule has 192 valence electrons. The molecule has 0 aromatic heterocycles. The first kappa shape index (κ1) is 27.3. The lowest BCUT2D eigenvalue weighted by Crippen LogP contribution is -2.28. The Labute approximate surface area is 212 Å². The molecule has 0 aliphatic rings. The van der Waals surface area contributed by atoms with Gasteiger partial charge in [0, 0.05) is 26.7 Å². The summed E-state index contributed by atoms with van der Waals surface area (Å²) in [7, 11) is -4.33. The highest BCUT2D eigenvalue weighted by atomic mass is 32.2. The molecule has 1 atom stereocenters. The summed E-state index contributed by atoms with van der Waals surface area (Å²) in [5.74, 6) is -0.0338. The van der Waals surface area contributed by atoms with Crippen molar-refractivity contribution in [2.45, 2.75) is 29.3 Å². The molecule has 0 aliphatic carbocycles. The van der Waals surface area contributed by atoms with Gasteiger partial charge in [0.2, 0.25) is 20.0 Å². The molecule has 0 aliphatic heterocycles. The summed E-state index contributed by atoms with van der Waals surface area (Å²) in [4.78, 5) is 12.4. The molecule has 2 N–H and O–H groups in total. The van der Waals surface area contributed by atoms with Gasteiger partial charge < -0.3 is 10.1 Å². The lowest BCUT2D eigenvalue weighted by Gasteiger charge is -2.15. The van der Waals surface area contributed by atoms with E-state index in [-0.39, 0.29) is 28.8 Å². The second kappa shape index (κ2) is 11.7. The summed E-state index contributed by atoms with van der Waals surface area (Å²) in [6, 6.07) is 20.9. The number of amides is 1. The van der Waals surface area contributed by atoms with Crippen molar-refractivity contribution in [1.29, 1.82) is 0 Å². The van der Waals surface area contributed by atoms with Crippen LogP contribution in [0.15, 0.2) is 88.7 Å². The molecule has 0 fully saturated rings. The molecule has 3 aromatic carbocycles. The highest BCUT2D eigenvalue weighted by Gasteiger charge is 2.19. The predicted octanol–water partition coefficient (Wildman–Crippen LogP) is 2.67. The molecule has 3 aromatic rings. The van der Waals surface area contributed by atoms with E-state index in [1.165, 1.54) is 50.5 Å². The molecular weight excluding hydrogens is 502 g/mol. The smallest absolute Gasteiger partial charge is 0.258 e. The van der Waals surface area contributed by atoms with Crippen molar-refractivity contribution in [1.82, 2.24) is 14.3 Å². The zero-order chi connectivity index (χ0) is 26.3. The van der Waals surface area contributed by atoms with E-state index >= 15 is 0 Å². The number of ether oxygens (including phenoxy) is 1. The van der Waals surface area contributed by atoms with Crippen LogP contribution in [-0.4, -0.2) is 47.8 Å². The molecule has 0 heterocycles. The highest BCUT2D eigenvalue weighted by Crippen LogP contribution is 2.19. The van der Waals surface area contributed by atoms with Crippen molar-refractivity contribution >= 4 is 26.0 Å². The summed E-state index contributed by atoms with van der Waals surface area (Å²) >= 11 is 0. The van der Waals surface area contributed by atoms with E-state index in [1.807, 2.05) is 30.3 Å². The fourth-order valence-electron chi connectivity index (χ4n) is 3.22. The van der Waals surface area contributed by atoms with Gasteiger partial charge in [0.05, 0.1) is 9.79 Å². The van der Waals surface area contributed by atoms with E-state index in [1.54, 1.807) is 19.1 Å². The van der Waals surface area contributed by atoms with Crippen molar-refractivity contribution < 1.29 is 26.4 Å². The van der Waals surface area contributed by atoms with Crippen LogP contribution in [0.25, 0.3) is 0 Å². The monoisotopic (exact) mass is 531 g/mol. The lowest BCUT2D eigenvalue weighted by molar-refractivity contribution is -0.123. The average molecular weight is 532 g/mol. The Morgan fingerprint density at radius 2 is 1.44 bits per heavy atom. The van der Waals surface area contributed by atoms with Gasteiger partial charge in [-0.25, -0.2) is 25.9 Å². The summed E-state index contributed by atoms with van der Waals surface area (Å²) in [6.07, 6.45) is 0. The van der Waals surface area contributed by atoms with Crippen LogP contribution in [-0.2, 0) is 31.4 Å². The Morgan fingerprint density at radius 1 is 0.861 bits per heavy atom. The first-order valence-corrected chi connectivity index (χ1v) is 14.0. The molecule has 0 spiro atoms. The van der Waals surface area contributed by atoms with Gasteiger partial charge in [0.25, 0.3) is 5.91 Å². The van der Waals surface area contributed by atoms with Crippen LogP contribution in [0.4, 0.5) is 0 Å². The minimum absolute atomic E-state index is 0.0850. The quantitative estimate of drug-likeness (QED) is 0.392. The topological polar surface area (TPSA) is 122 Å². The van der Waals surface area contributed by atoms with Gasteiger partial charge >= 0.3 is 0 Å². The van der Waals surface area contributed by atoms with Gasteiger partial charge in [0.1, 0.15) is 5.75 Å². The van der Waals surface area contributed by atoms with E-state index in [9.17, 15) is 21.6 Å². The van der Waals surface area contributed by atoms with Crippen LogP contribution in [0.1, 0.15) is 24.1 Å². The van der Waals surface area contributed by atoms with Gasteiger partial charge in [0.15, 0.2) is 6.61 Å². The third kappa shape index (κ3) is 7.14. The summed E-state index contributed by atoms with van der Waals surface area (Å²) in [5.41, 5.74) is 1.58. The van der Waals surface area contributed by atoms with Gasteiger partial charge in [-0.05, 0) is 54.4 Å². The Balaban J connectivity index is 1.49. The first-order valence-electron chi connectivity index (χ1n) is 11.1. The zero-order valence-electron chi connectivity index (χ0n) is 20.2. The third-order valence-electron chi connectivity index (χ3n) is 5.33. The number of carbonyl (C=O) groups is 1. The van der Waals surface area contributed by atoms with Crippen LogP contribution in [0.5, 0.6) is 5.75 Å². The third-order valence-corrected chi connectivity index (χ3v) is 8.71. The molecule has 0 bridgehead atoms. The number of benzene rings is 3. The zero-order valence-corrected chi connectivity index (χ0v) is 21.8. The average Bonchev–Trinajstić information content (AvgIpc) is 2.87. The molecule has 3 rings (SSSR count). The molecular formula is C25H29N3O6S2. The molecule has 1 amide bonds. The van der Waals surface area contributed by atoms with Gasteiger partial charge in [-0.3, -0.25) is 4.79 Å². The number of nitrogens with one attached hydrogen (secondary N) is 2. The van der Waals surface area contributed by atoms with Crippen LogP contribution in [0, 0.1) is 0 Å². The lowest BCUT2D eigenvalue weighted by atomic mass is 10.1. The van der Waals surface area contributed by atoms with Gasteiger partial charge in [-0.1, -0.05) is 42.5 Å². The summed E-state index contributed by atoms with van der Waals surface area (Å²) in [5, 5.41) is 2.69. The highest BCUT2D eigenvalue weighted by molar-refractivity contribution is 7.89. The van der Waals surface area contributed by atoms with E-state index in [2.05, 4.69) is 10.0 Å². The summed E-state index contributed by atoms with van der Waals surface area (Å²) < 4.78 is 58.8. The standard InChI is InChI=1S/C25H29N3O6S2/c1-19(21-7-5-4-6-8-21)27-35(30,31)23-15-11-22(12-16-23)34-18-25(29)26-17-20-9-13-24(14-10-20)36(32,33)28(2)3/h4-16,19,27H,17-18H2,1-3H3,(H,26,29)/t19-/m0/s1. The maximum absolute atomic E-state index is 12.7. The van der Waals surface area contributed by atoms with Crippen LogP contribution >= 0.6 is 0 Å². The van der Waals surface area contributed by atoms with Crippen molar-refractivity contribution in [2.24, 2.45) is 0 Å².